The van der Waals surface area contributed by atoms with E-state index in [1.54, 1.807) is 4.68 Å². The molecule has 3 N–H and O–H groups in total. The third kappa shape index (κ3) is 4.97. The second kappa shape index (κ2) is 9.36. The van der Waals surface area contributed by atoms with E-state index in [9.17, 15) is 0 Å². The van der Waals surface area contributed by atoms with Crippen molar-refractivity contribution < 1.29 is 0 Å². The number of benzene rings is 2. The molecular weight excluding hydrogens is 380 g/mol. The van der Waals surface area contributed by atoms with Crippen molar-refractivity contribution in [1.29, 1.82) is 0 Å². The van der Waals surface area contributed by atoms with Crippen LogP contribution in [0.2, 0.25) is 0 Å². The van der Waals surface area contributed by atoms with Crippen LogP contribution in [-0.2, 0) is 7.05 Å². The Morgan fingerprint density at radius 1 is 1.26 bits per heavy atom. The number of nitrogens with two attached hydrogens (primary N) is 1. The predicted octanol–water partition coefficient (Wildman–Crippen LogP) is 6.00. The minimum Gasteiger partial charge on any atom is -0.363 e. The summed E-state index contributed by atoms with van der Waals surface area (Å²) in [7, 11) is 1.91. The molecule has 31 heavy (non-hydrogen) atoms. The minimum absolute atomic E-state index is 0.183. The second-order valence-electron chi connectivity index (χ2n) is 8.60. The highest BCUT2D eigenvalue weighted by atomic mass is 15.2. The lowest BCUT2D eigenvalue weighted by molar-refractivity contribution is 0.524. The lowest BCUT2D eigenvalue weighted by Crippen LogP contribution is -2.22. The van der Waals surface area contributed by atoms with E-state index in [1.165, 1.54) is 28.3 Å². The number of nitrogens with one attached hydrogen (secondary N) is 1. The van der Waals surface area contributed by atoms with Crippen LogP contribution in [0.3, 0.4) is 0 Å². The fraction of sp³-hybridized carbons (Fsp3) is 0.296. The average molecular weight is 415 g/mol. The molecule has 1 saturated heterocycles. The Balaban J connectivity index is 0.000000254. The molecule has 2 aromatic carbocycles. The lowest BCUT2D eigenvalue weighted by Gasteiger charge is -2.24. The normalized spacial score (nSPS) is 17.0. The van der Waals surface area contributed by atoms with Crippen LogP contribution in [0.1, 0.15) is 55.0 Å². The monoisotopic (exact) mass is 414 g/mol. The minimum atomic E-state index is -0.183. The van der Waals surface area contributed by atoms with Gasteiger partial charge in [-0.1, -0.05) is 62.6 Å². The van der Waals surface area contributed by atoms with Gasteiger partial charge in [0.2, 0.25) is 0 Å². The first-order valence-electron chi connectivity index (χ1n) is 10.7. The van der Waals surface area contributed by atoms with Gasteiger partial charge in [-0.15, -0.1) is 0 Å². The number of hydrogen-bond acceptors (Lipinski definition) is 3. The van der Waals surface area contributed by atoms with Crippen molar-refractivity contribution in [3.05, 3.63) is 96.1 Å². The summed E-state index contributed by atoms with van der Waals surface area (Å²) in [5.41, 5.74) is 14.4. The Labute approximate surface area is 186 Å². The number of nitrogens with zero attached hydrogens (tertiary/aromatic N) is 2. The van der Waals surface area contributed by atoms with Gasteiger partial charge >= 0.3 is 0 Å². The molecule has 4 rings (SSSR count). The topological polar surface area (TPSA) is 55.9 Å². The van der Waals surface area contributed by atoms with Gasteiger partial charge in [0.25, 0.3) is 0 Å². The lowest BCUT2D eigenvalue weighted by atomic mass is 9.90. The third-order valence-corrected chi connectivity index (χ3v) is 5.97. The standard InChI is InChI=1S/C19H21N3.C8H13N/c1-12(2)15-6-5-7-16-17(9-8-13(3)18(15)16)19(20)14-10-21-22(4)11-14;1-6-4-5-7(2)9-8(6)3/h5-11,19H,1,20H2,2-4H3;6,9H,2-5H2,1H3. The van der Waals surface area contributed by atoms with Gasteiger partial charge in [0.05, 0.1) is 12.2 Å². The zero-order chi connectivity index (χ0) is 22.7. The summed E-state index contributed by atoms with van der Waals surface area (Å²) < 4.78 is 1.78. The SMILES string of the molecule is C=C(C)c1cccc2c(C(N)c3cnn(C)c3)ccc(C)c12.C=C1CCC(C)C(=C)N1. The van der Waals surface area contributed by atoms with Crippen molar-refractivity contribution in [3.8, 4) is 0 Å². The number of allylic oxidation sites excluding steroid dienone is 3. The molecule has 0 amide bonds. The number of aromatic nitrogens is 2. The average Bonchev–Trinajstić information content (AvgIpc) is 3.17. The molecule has 2 unspecified atom stereocenters. The molecule has 0 aliphatic carbocycles. The summed E-state index contributed by atoms with van der Waals surface area (Å²) in [5.74, 6) is 0.621. The summed E-state index contributed by atoms with van der Waals surface area (Å²) >= 11 is 0. The van der Waals surface area contributed by atoms with Gasteiger partial charge in [0, 0.05) is 30.2 Å². The van der Waals surface area contributed by atoms with Crippen LogP contribution >= 0.6 is 0 Å². The quantitative estimate of drug-likeness (QED) is 0.553. The van der Waals surface area contributed by atoms with E-state index in [0.717, 1.165) is 34.5 Å². The van der Waals surface area contributed by atoms with Crippen molar-refractivity contribution in [2.45, 2.75) is 39.7 Å². The number of fused-ring (bicyclic) bond motifs is 1. The maximum absolute atomic E-state index is 6.50. The number of rotatable bonds is 3. The molecule has 3 aromatic rings. The van der Waals surface area contributed by atoms with Crippen molar-refractivity contribution in [1.82, 2.24) is 15.1 Å². The van der Waals surface area contributed by atoms with Crippen LogP contribution in [0.4, 0.5) is 0 Å². The molecule has 4 nitrogen and oxygen atoms in total. The van der Waals surface area contributed by atoms with Gasteiger partial charge in [-0.3, -0.25) is 4.68 Å². The van der Waals surface area contributed by atoms with E-state index in [-0.39, 0.29) is 6.04 Å². The van der Waals surface area contributed by atoms with E-state index >= 15 is 0 Å². The fourth-order valence-electron chi connectivity index (χ4n) is 3.99. The van der Waals surface area contributed by atoms with Crippen LogP contribution in [0, 0.1) is 12.8 Å². The van der Waals surface area contributed by atoms with E-state index in [4.69, 9.17) is 5.73 Å². The molecule has 4 heteroatoms. The summed E-state index contributed by atoms with van der Waals surface area (Å²) in [6.07, 6.45) is 6.10. The third-order valence-electron chi connectivity index (χ3n) is 5.97. The van der Waals surface area contributed by atoms with Gasteiger partial charge in [-0.25, -0.2) is 0 Å². The first-order valence-corrected chi connectivity index (χ1v) is 10.7. The fourth-order valence-corrected chi connectivity index (χ4v) is 3.99. The molecule has 0 radical (unpaired) electrons. The van der Waals surface area contributed by atoms with Crippen LogP contribution in [-0.4, -0.2) is 9.78 Å². The molecule has 162 valence electrons. The van der Waals surface area contributed by atoms with E-state index in [2.05, 4.69) is 74.3 Å². The van der Waals surface area contributed by atoms with Crippen molar-refractivity contribution in [2.75, 3.05) is 0 Å². The summed E-state index contributed by atoms with van der Waals surface area (Å²) in [4.78, 5) is 0. The van der Waals surface area contributed by atoms with Crippen LogP contribution in [0.5, 0.6) is 0 Å². The Hall–Kier alpha value is -3.11. The Morgan fingerprint density at radius 3 is 2.58 bits per heavy atom. The number of aryl methyl sites for hydroxylation is 2. The largest absolute Gasteiger partial charge is 0.363 e. The Bertz CT molecular complexity index is 1140. The molecule has 2 heterocycles. The van der Waals surface area contributed by atoms with Crippen molar-refractivity contribution in [2.24, 2.45) is 18.7 Å². The van der Waals surface area contributed by atoms with Crippen LogP contribution in [0.15, 0.2) is 73.9 Å². The molecule has 1 fully saturated rings. The first-order chi connectivity index (χ1) is 14.7. The first kappa shape index (κ1) is 22.6. The highest BCUT2D eigenvalue weighted by molar-refractivity contribution is 5.97. The zero-order valence-electron chi connectivity index (χ0n) is 19.2. The molecule has 1 aromatic heterocycles. The van der Waals surface area contributed by atoms with Gasteiger partial charge in [-0.05, 0) is 60.1 Å². The Kier molecular flexibility index (Phi) is 6.81. The van der Waals surface area contributed by atoms with Gasteiger partial charge < -0.3 is 11.1 Å². The highest BCUT2D eigenvalue weighted by Gasteiger charge is 2.16. The number of hydrogen-bond donors (Lipinski definition) is 2. The molecule has 0 bridgehead atoms. The van der Waals surface area contributed by atoms with Gasteiger partial charge in [-0.2, -0.15) is 5.10 Å². The summed E-state index contributed by atoms with van der Waals surface area (Å²) in [6, 6.07) is 10.4. The summed E-state index contributed by atoms with van der Waals surface area (Å²) in [6.45, 7) is 18.2. The molecule has 0 saturated carbocycles. The van der Waals surface area contributed by atoms with Crippen LogP contribution in [0.25, 0.3) is 16.3 Å². The van der Waals surface area contributed by atoms with Crippen LogP contribution < -0.4 is 11.1 Å². The van der Waals surface area contributed by atoms with E-state index in [0.29, 0.717) is 5.92 Å². The molecule has 1 aliphatic heterocycles. The highest BCUT2D eigenvalue weighted by Crippen LogP contribution is 2.33. The predicted molar refractivity (Wildman–Crippen MR) is 132 cm³/mol. The molecule has 1 aliphatic rings. The maximum Gasteiger partial charge on any atom is 0.0588 e. The maximum atomic E-state index is 6.50. The number of piperidine rings is 1. The second-order valence-corrected chi connectivity index (χ2v) is 8.60. The summed E-state index contributed by atoms with van der Waals surface area (Å²) in [5, 5.41) is 9.80. The van der Waals surface area contributed by atoms with Gasteiger partial charge in [0.1, 0.15) is 0 Å². The molecular formula is C27H34N4. The van der Waals surface area contributed by atoms with E-state index in [1.807, 2.05) is 26.4 Å². The molecule has 2 atom stereocenters. The van der Waals surface area contributed by atoms with E-state index < -0.39 is 0 Å². The zero-order valence-corrected chi connectivity index (χ0v) is 19.2. The Morgan fingerprint density at radius 2 is 2.00 bits per heavy atom. The molecule has 0 spiro atoms. The smallest absolute Gasteiger partial charge is 0.0588 e. The van der Waals surface area contributed by atoms with Gasteiger partial charge in [0.15, 0.2) is 0 Å². The van der Waals surface area contributed by atoms with Crippen molar-refractivity contribution in [3.63, 3.8) is 0 Å². The van der Waals surface area contributed by atoms with Crippen molar-refractivity contribution >= 4 is 16.3 Å².